The van der Waals surface area contributed by atoms with Crippen molar-refractivity contribution in [3.63, 3.8) is 0 Å². The van der Waals surface area contributed by atoms with Gasteiger partial charge in [0.2, 0.25) is 5.91 Å². The molecule has 1 aliphatic heterocycles. The van der Waals surface area contributed by atoms with Gasteiger partial charge < -0.3 is 10.6 Å². The summed E-state index contributed by atoms with van der Waals surface area (Å²) in [6.45, 7) is 3.63. The number of nitrogens with zero attached hydrogens (tertiary/aromatic N) is 1. The standard InChI is InChI=1S/C11H22N2O3S/c1-3-9-4-6-13(8-9)11(14)10(12)5-7-17(2,15)16/h9-10H,3-8,12H2,1-2H3. The first-order valence-electron chi connectivity index (χ1n) is 6.05. The van der Waals surface area contributed by atoms with Crippen molar-refractivity contribution in [3.05, 3.63) is 0 Å². The van der Waals surface area contributed by atoms with Crippen LogP contribution in [0.4, 0.5) is 0 Å². The quantitative estimate of drug-likeness (QED) is 0.756. The van der Waals surface area contributed by atoms with Crippen LogP contribution in [0.3, 0.4) is 0 Å². The third-order valence-electron chi connectivity index (χ3n) is 3.29. The number of hydrogen-bond acceptors (Lipinski definition) is 4. The smallest absolute Gasteiger partial charge is 0.239 e. The number of carbonyl (C=O) groups excluding carboxylic acids is 1. The van der Waals surface area contributed by atoms with Crippen molar-refractivity contribution in [2.24, 2.45) is 11.7 Å². The molecule has 0 aromatic carbocycles. The lowest BCUT2D eigenvalue weighted by molar-refractivity contribution is -0.131. The molecule has 1 fully saturated rings. The van der Waals surface area contributed by atoms with Gasteiger partial charge in [-0.15, -0.1) is 0 Å². The first-order valence-corrected chi connectivity index (χ1v) is 8.11. The van der Waals surface area contributed by atoms with E-state index in [-0.39, 0.29) is 18.1 Å². The SMILES string of the molecule is CCC1CCN(C(=O)C(N)CCS(C)(=O)=O)C1. The van der Waals surface area contributed by atoms with E-state index in [1.165, 1.54) is 0 Å². The van der Waals surface area contributed by atoms with Crippen LogP contribution in [0, 0.1) is 5.92 Å². The van der Waals surface area contributed by atoms with E-state index in [0.29, 0.717) is 5.92 Å². The van der Waals surface area contributed by atoms with Gasteiger partial charge in [0.1, 0.15) is 9.84 Å². The van der Waals surface area contributed by atoms with Crippen LogP contribution in [0.15, 0.2) is 0 Å². The summed E-state index contributed by atoms with van der Waals surface area (Å²) in [4.78, 5) is 13.7. The van der Waals surface area contributed by atoms with Crippen molar-refractivity contribution in [2.75, 3.05) is 25.1 Å². The Bertz CT molecular complexity index is 367. The molecule has 6 heteroatoms. The Hall–Kier alpha value is -0.620. The first kappa shape index (κ1) is 14.4. The number of nitrogens with two attached hydrogens (primary N) is 1. The fourth-order valence-electron chi connectivity index (χ4n) is 2.07. The lowest BCUT2D eigenvalue weighted by atomic mass is 10.1. The van der Waals surface area contributed by atoms with Gasteiger partial charge in [0.25, 0.3) is 0 Å². The van der Waals surface area contributed by atoms with E-state index in [1.54, 1.807) is 4.90 Å². The Morgan fingerprint density at radius 1 is 1.53 bits per heavy atom. The van der Waals surface area contributed by atoms with E-state index in [9.17, 15) is 13.2 Å². The number of rotatable bonds is 5. The minimum absolute atomic E-state index is 0.0229. The monoisotopic (exact) mass is 262 g/mol. The second kappa shape index (κ2) is 5.82. The Kier molecular flexibility index (Phi) is 4.94. The minimum atomic E-state index is -3.04. The molecular weight excluding hydrogens is 240 g/mol. The molecule has 0 aliphatic carbocycles. The van der Waals surface area contributed by atoms with Crippen LogP contribution in [0.2, 0.25) is 0 Å². The van der Waals surface area contributed by atoms with Crippen LogP contribution >= 0.6 is 0 Å². The zero-order chi connectivity index (χ0) is 13.1. The molecule has 2 unspecified atom stereocenters. The summed E-state index contributed by atoms with van der Waals surface area (Å²) in [7, 11) is -3.04. The predicted octanol–water partition coefficient (Wildman–Crippen LogP) is 0.00690. The molecule has 0 radical (unpaired) electrons. The number of hydrogen-bond donors (Lipinski definition) is 1. The van der Waals surface area contributed by atoms with Crippen LogP contribution in [0.1, 0.15) is 26.2 Å². The Morgan fingerprint density at radius 3 is 2.65 bits per heavy atom. The fourth-order valence-corrected chi connectivity index (χ4v) is 2.75. The van der Waals surface area contributed by atoms with E-state index in [0.717, 1.165) is 32.2 Å². The second-order valence-corrected chi connectivity index (χ2v) is 7.13. The van der Waals surface area contributed by atoms with Crippen molar-refractivity contribution in [1.82, 2.24) is 4.90 Å². The van der Waals surface area contributed by atoms with E-state index in [2.05, 4.69) is 6.92 Å². The Labute approximate surface area is 103 Å². The second-order valence-electron chi connectivity index (χ2n) is 4.87. The highest BCUT2D eigenvalue weighted by molar-refractivity contribution is 7.90. The highest BCUT2D eigenvalue weighted by Gasteiger charge is 2.28. The highest BCUT2D eigenvalue weighted by Crippen LogP contribution is 2.19. The topological polar surface area (TPSA) is 80.5 Å². The molecule has 5 nitrogen and oxygen atoms in total. The van der Waals surface area contributed by atoms with Crippen LogP contribution in [0.5, 0.6) is 0 Å². The van der Waals surface area contributed by atoms with Crippen LogP contribution in [-0.2, 0) is 14.6 Å². The average Bonchev–Trinajstić information content (AvgIpc) is 2.72. The fraction of sp³-hybridized carbons (Fsp3) is 0.909. The Balaban J connectivity index is 2.42. The molecule has 0 spiro atoms. The molecule has 2 N–H and O–H groups in total. The zero-order valence-corrected chi connectivity index (χ0v) is 11.4. The molecule has 1 heterocycles. The van der Waals surface area contributed by atoms with E-state index >= 15 is 0 Å². The summed E-state index contributed by atoms with van der Waals surface area (Å²) < 4.78 is 22.0. The van der Waals surface area contributed by atoms with Gasteiger partial charge in [0.15, 0.2) is 0 Å². The van der Waals surface area contributed by atoms with Crippen molar-refractivity contribution >= 4 is 15.7 Å². The molecule has 1 rings (SSSR count). The highest BCUT2D eigenvalue weighted by atomic mass is 32.2. The predicted molar refractivity (Wildman–Crippen MR) is 67.3 cm³/mol. The summed E-state index contributed by atoms with van der Waals surface area (Å²) in [5.74, 6) is 0.441. The van der Waals surface area contributed by atoms with Crippen molar-refractivity contribution in [3.8, 4) is 0 Å². The third-order valence-corrected chi connectivity index (χ3v) is 4.27. The number of sulfone groups is 1. The van der Waals surface area contributed by atoms with E-state index in [1.807, 2.05) is 0 Å². The molecule has 100 valence electrons. The maximum atomic E-state index is 11.9. The molecule has 1 amide bonds. The summed E-state index contributed by atoms with van der Waals surface area (Å²) in [6, 6.07) is -0.680. The van der Waals surface area contributed by atoms with Crippen LogP contribution in [0.25, 0.3) is 0 Å². The number of amides is 1. The molecule has 1 aliphatic rings. The molecule has 0 bridgehead atoms. The van der Waals surface area contributed by atoms with Gasteiger partial charge in [0, 0.05) is 19.3 Å². The van der Waals surface area contributed by atoms with Gasteiger partial charge in [-0.1, -0.05) is 13.3 Å². The largest absolute Gasteiger partial charge is 0.341 e. The van der Waals surface area contributed by atoms with Gasteiger partial charge in [-0.25, -0.2) is 8.42 Å². The zero-order valence-electron chi connectivity index (χ0n) is 10.6. The average molecular weight is 262 g/mol. The van der Waals surface area contributed by atoms with Crippen molar-refractivity contribution < 1.29 is 13.2 Å². The number of carbonyl (C=O) groups is 1. The third kappa shape index (κ3) is 4.63. The summed E-state index contributed by atoms with van der Waals surface area (Å²) >= 11 is 0. The van der Waals surface area contributed by atoms with Crippen LogP contribution < -0.4 is 5.73 Å². The molecule has 0 aromatic rings. The van der Waals surface area contributed by atoms with Gasteiger partial charge in [-0.05, 0) is 18.8 Å². The minimum Gasteiger partial charge on any atom is -0.341 e. The van der Waals surface area contributed by atoms with Crippen molar-refractivity contribution in [2.45, 2.75) is 32.2 Å². The summed E-state index contributed by atoms with van der Waals surface area (Å²) in [5.41, 5.74) is 5.74. The normalized spacial score (nSPS) is 22.8. The molecule has 1 saturated heterocycles. The molecule has 0 aromatic heterocycles. The maximum Gasteiger partial charge on any atom is 0.239 e. The summed E-state index contributed by atoms with van der Waals surface area (Å²) in [6.07, 6.45) is 3.47. The Morgan fingerprint density at radius 2 is 2.18 bits per heavy atom. The molecule has 0 saturated carbocycles. The van der Waals surface area contributed by atoms with Gasteiger partial charge >= 0.3 is 0 Å². The van der Waals surface area contributed by atoms with Crippen LogP contribution in [-0.4, -0.2) is 50.4 Å². The molecule has 17 heavy (non-hydrogen) atoms. The van der Waals surface area contributed by atoms with Gasteiger partial charge in [-0.2, -0.15) is 0 Å². The lowest BCUT2D eigenvalue weighted by Gasteiger charge is -2.20. The van der Waals surface area contributed by atoms with Crippen molar-refractivity contribution in [1.29, 1.82) is 0 Å². The van der Waals surface area contributed by atoms with Gasteiger partial charge in [-0.3, -0.25) is 4.79 Å². The first-order chi connectivity index (χ1) is 7.83. The maximum absolute atomic E-state index is 11.9. The molecular formula is C11H22N2O3S. The van der Waals surface area contributed by atoms with E-state index in [4.69, 9.17) is 5.73 Å². The van der Waals surface area contributed by atoms with Gasteiger partial charge in [0.05, 0.1) is 11.8 Å². The van der Waals surface area contributed by atoms with E-state index < -0.39 is 15.9 Å². The summed E-state index contributed by atoms with van der Waals surface area (Å²) in [5, 5.41) is 0. The number of likely N-dealkylation sites (tertiary alicyclic amines) is 1. The molecule has 2 atom stereocenters. The lowest BCUT2D eigenvalue weighted by Crippen LogP contribution is -2.43.